The van der Waals surface area contributed by atoms with Gasteiger partial charge >= 0.3 is 0 Å². The predicted octanol–water partition coefficient (Wildman–Crippen LogP) is 3.61. The van der Waals surface area contributed by atoms with E-state index in [1.54, 1.807) is 4.90 Å². The van der Waals surface area contributed by atoms with Crippen LogP contribution in [-0.4, -0.2) is 24.8 Å². The maximum absolute atomic E-state index is 13.3. The molecule has 4 fully saturated rings. The van der Waals surface area contributed by atoms with Crippen LogP contribution in [0.3, 0.4) is 0 Å². The molecule has 0 aromatic heterocycles. The Bertz CT molecular complexity index is 1100. The minimum absolute atomic E-state index is 0.0629. The minimum Gasteiger partial charge on any atom is -0.871 e. The van der Waals surface area contributed by atoms with Crippen molar-refractivity contribution < 1.29 is 10.0 Å². The van der Waals surface area contributed by atoms with Crippen LogP contribution in [0.2, 0.25) is 0 Å². The van der Waals surface area contributed by atoms with Crippen molar-refractivity contribution in [2.45, 2.75) is 43.7 Å². The Morgan fingerprint density at radius 2 is 1.46 bits per heavy atom. The molecular formula is C25H26N2O. The van der Waals surface area contributed by atoms with E-state index in [-0.39, 0.29) is 11.3 Å². The highest BCUT2D eigenvalue weighted by atomic mass is 16.3. The van der Waals surface area contributed by atoms with Gasteiger partial charge in [0.15, 0.2) is 0 Å². The third-order valence-electron chi connectivity index (χ3n) is 7.91. The maximum atomic E-state index is 13.3. The van der Waals surface area contributed by atoms with Crippen LogP contribution in [-0.2, 0) is 0 Å². The van der Waals surface area contributed by atoms with E-state index in [0.29, 0.717) is 5.69 Å². The first-order valence-electron chi connectivity index (χ1n) is 10.6. The van der Waals surface area contributed by atoms with Crippen LogP contribution in [0.4, 0.5) is 5.69 Å². The fraction of sp³-hybridized carbons (Fsp3) is 0.400. The van der Waals surface area contributed by atoms with Gasteiger partial charge in [0.25, 0.3) is 0 Å². The molecule has 7 rings (SSSR count). The smallest absolute Gasteiger partial charge is 0.134 e. The zero-order valence-electron chi connectivity index (χ0n) is 16.3. The molecule has 3 heteroatoms. The number of piperidine rings is 2. The molecule has 142 valence electrons. The molecular weight excluding hydrogens is 344 g/mol. The van der Waals surface area contributed by atoms with E-state index in [1.165, 1.54) is 32.1 Å². The largest absolute Gasteiger partial charge is 0.871 e. The van der Waals surface area contributed by atoms with Crippen molar-refractivity contribution in [3.8, 4) is 5.75 Å². The van der Waals surface area contributed by atoms with Crippen LogP contribution >= 0.6 is 0 Å². The van der Waals surface area contributed by atoms with Gasteiger partial charge < -0.3 is 10.0 Å². The molecule has 0 amide bonds. The number of hydrogen-bond acceptors (Lipinski definition) is 2. The van der Waals surface area contributed by atoms with Crippen molar-refractivity contribution in [2.75, 3.05) is 7.05 Å². The van der Waals surface area contributed by atoms with Gasteiger partial charge in [0.2, 0.25) is 0 Å². The zero-order valence-corrected chi connectivity index (χ0v) is 16.3. The van der Waals surface area contributed by atoms with Gasteiger partial charge in [-0.2, -0.15) is 0 Å². The Balaban J connectivity index is 1.52. The molecule has 3 aromatic carbocycles. The van der Waals surface area contributed by atoms with Gasteiger partial charge in [0.05, 0.1) is 25.0 Å². The van der Waals surface area contributed by atoms with Crippen molar-refractivity contribution in [1.29, 1.82) is 0 Å². The van der Waals surface area contributed by atoms with E-state index in [1.807, 2.05) is 42.5 Å². The van der Waals surface area contributed by atoms with E-state index >= 15 is 0 Å². The number of quaternary nitrogens is 1. The van der Waals surface area contributed by atoms with Crippen LogP contribution in [0.25, 0.3) is 21.5 Å². The van der Waals surface area contributed by atoms with Gasteiger partial charge in [0.1, 0.15) is 5.54 Å². The van der Waals surface area contributed by atoms with E-state index in [2.05, 4.69) is 19.3 Å². The summed E-state index contributed by atoms with van der Waals surface area (Å²) >= 11 is 0. The molecule has 4 bridgehead atoms. The lowest BCUT2D eigenvalue weighted by Gasteiger charge is -2.57. The number of nitrogens with zero attached hydrogens (tertiary/aromatic N) is 1. The molecule has 3 unspecified atom stereocenters. The highest BCUT2D eigenvalue weighted by Gasteiger charge is 2.57. The quantitative estimate of drug-likeness (QED) is 0.543. The second-order valence-corrected chi connectivity index (χ2v) is 9.41. The summed E-state index contributed by atoms with van der Waals surface area (Å²) in [5, 5.41) is 17.2. The summed E-state index contributed by atoms with van der Waals surface area (Å²) in [5.41, 5.74) is 0.742. The molecule has 2 aliphatic heterocycles. The molecule has 0 radical (unpaired) electrons. The van der Waals surface area contributed by atoms with E-state index < -0.39 is 0 Å². The average Bonchev–Trinajstić information content (AvgIpc) is 2.71. The third-order valence-corrected chi connectivity index (χ3v) is 7.91. The summed E-state index contributed by atoms with van der Waals surface area (Å²) in [6, 6.07) is 16.9. The second kappa shape index (κ2) is 5.81. The summed E-state index contributed by atoms with van der Waals surface area (Å²) in [7, 11) is 2.35. The molecule has 5 atom stereocenters. The summed E-state index contributed by atoms with van der Waals surface area (Å²) in [6.07, 6.45) is 8.81. The minimum atomic E-state index is 0.0629. The molecule has 2 saturated heterocycles. The number of aliphatic imine (C=N–C) groups is 1. The summed E-state index contributed by atoms with van der Waals surface area (Å²) in [4.78, 5) is 6.59. The van der Waals surface area contributed by atoms with Gasteiger partial charge in [-0.1, -0.05) is 54.3 Å². The van der Waals surface area contributed by atoms with Crippen LogP contribution in [0, 0.1) is 11.8 Å². The number of fused-ring (bicyclic) bond motifs is 3. The Hall–Kier alpha value is -2.39. The topological polar surface area (TPSA) is 39.9 Å². The van der Waals surface area contributed by atoms with Crippen molar-refractivity contribution >= 4 is 33.4 Å². The predicted molar refractivity (Wildman–Crippen MR) is 113 cm³/mol. The summed E-state index contributed by atoms with van der Waals surface area (Å²) < 4.78 is 0. The number of benzene rings is 3. The normalized spacial score (nSPS) is 34.0. The molecule has 1 N–H and O–H groups in total. The SMILES string of the molecule is C[NH+]1C2C[C@@H]3C[C@H](C2)CC1(C=Nc1c([O-])c2ccccc2c2ccccc12)C3. The number of rotatable bonds is 2. The summed E-state index contributed by atoms with van der Waals surface area (Å²) in [6.45, 7) is 0. The molecule has 2 heterocycles. The van der Waals surface area contributed by atoms with Gasteiger partial charge in [-0.3, -0.25) is 4.99 Å². The van der Waals surface area contributed by atoms with Crippen molar-refractivity contribution in [3.05, 3.63) is 48.5 Å². The van der Waals surface area contributed by atoms with Crippen LogP contribution in [0.15, 0.2) is 53.5 Å². The van der Waals surface area contributed by atoms with Gasteiger partial charge in [-0.25, -0.2) is 0 Å². The molecule has 28 heavy (non-hydrogen) atoms. The van der Waals surface area contributed by atoms with Gasteiger partial charge in [-0.05, 0) is 34.4 Å². The molecule has 0 spiro atoms. The van der Waals surface area contributed by atoms with Crippen molar-refractivity contribution in [2.24, 2.45) is 16.8 Å². The highest BCUT2D eigenvalue weighted by Crippen LogP contribution is 2.47. The van der Waals surface area contributed by atoms with E-state index in [9.17, 15) is 5.11 Å². The first-order valence-corrected chi connectivity index (χ1v) is 10.6. The van der Waals surface area contributed by atoms with Crippen LogP contribution in [0.1, 0.15) is 32.1 Å². The first-order chi connectivity index (χ1) is 13.6. The Labute approximate surface area is 165 Å². The highest BCUT2D eigenvalue weighted by molar-refractivity contribution is 6.16. The number of nitrogens with one attached hydrogen (secondary N) is 1. The maximum Gasteiger partial charge on any atom is 0.134 e. The lowest BCUT2D eigenvalue weighted by atomic mass is 9.58. The Kier molecular flexibility index (Phi) is 3.43. The van der Waals surface area contributed by atoms with Crippen LogP contribution < -0.4 is 10.0 Å². The Morgan fingerprint density at radius 1 is 0.893 bits per heavy atom. The third kappa shape index (κ3) is 2.23. The van der Waals surface area contributed by atoms with E-state index in [0.717, 1.165) is 39.4 Å². The molecule has 4 aliphatic rings. The first kappa shape index (κ1) is 16.6. The lowest BCUT2D eigenvalue weighted by Crippen LogP contribution is -3.24. The standard InChI is InChI=1S/C25H26N2O/c1-27-18-11-16-10-17(12-18)14-25(27,13-16)15-26-23-21-8-4-2-6-19(21)20-7-3-5-9-22(20)24(23)28/h2-9,15-18,28H,10-14H2,1H3/t16-,17+,18?,25?. The summed E-state index contributed by atoms with van der Waals surface area (Å²) in [5.74, 6) is 1.77. The second-order valence-electron chi connectivity index (χ2n) is 9.41. The fourth-order valence-corrected chi connectivity index (χ4v) is 6.71. The number of hydrogen-bond donors (Lipinski definition) is 1. The van der Waals surface area contributed by atoms with Crippen molar-refractivity contribution in [1.82, 2.24) is 0 Å². The molecule has 3 nitrogen and oxygen atoms in total. The van der Waals surface area contributed by atoms with Crippen molar-refractivity contribution in [3.63, 3.8) is 0 Å². The lowest BCUT2D eigenvalue weighted by molar-refractivity contribution is -0.963. The zero-order chi connectivity index (χ0) is 18.9. The van der Waals surface area contributed by atoms with E-state index in [4.69, 9.17) is 4.99 Å². The molecule has 3 aromatic rings. The monoisotopic (exact) mass is 370 g/mol. The van der Waals surface area contributed by atoms with Gasteiger partial charge in [-0.15, -0.1) is 0 Å². The Morgan fingerprint density at radius 3 is 2.14 bits per heavy atom. The average molecular weight is 370 g/mol. The molecule has 2 aliphatic carbocycles. The fourth-order valence-electron chi connectivity index (χ4n) is 6.71. The van der Waals surface area contributed by atoms with Gasteiger partial charge in [0, 0.05) is 31.1 Å². The van der Waals surface area contributed by atoms with Crippen LogP contribution in [0.5, 0.6) is 5.75 Å². The molecule has 2 saturated carbocycles.